The zero-order chi connectivity index (χ0) is 24.0. The molecule has 0 radical (unpaired) electrons. The minimum absolute atomic E-state index is 0.227. The highest BCUT2D eigenvalue weighted by atomic mass is 32.1. The van der Waals surface area contributed by atoms with Crippen molar-refractivity contribution in [3.63, 3.8) is 0 Å². The number of nitrogens with two attached hydrogens (primary N) is 1. The summed E-state index contributed by atoms with van der Waals surface area (Å²) in [5.41, 5.74) is 7.02. The van der Waals surface area contributed by atoms with E-state index in [1.165, 1.54) is 32.7 Å². The van der Waals surface area contributed by atoms with Gasteiger partial charge >= 0.3 is 0 Å². The Kier molecular flexibility index (Phi) is 8.13. The number of carbonyl (C=O) groups is 1. The Morgan fingerprint density at radius 3 is 2.30 bits per heavy atom. The van der Waals surface area contributed by atoms with E-state index in [9.17, 15) is 4.79 Å². The summed E-state index contributed by atoms with van der Waals surface area (Å²) in [6.45, 7) is 2.49. The molecule has 8 nitrogen and oxygen atoms in total. The van der Waals surface area contributed by atoms with Crippen LogP contribution in [-0.2, 0) is 6.42 Å². The summed E-state index contributed by atoms with van der Waals surface area (Å²) in [6.07, 6.45) is 2.50. The van der Waals surface area contributed by atoms with Crippen LogP contribution in [0.2, 0.25) is 0 Å². The van der Waals surface area contributed by atoms with Crippen molar-refractivity contribution in [1.29, 1.82) is 0 Å². The van der Waals surface area contributed by atoms with Gasteiger partial charge in [-0.1, -0.05) is 12.1 Å². The molecule has 0 saturated heterocycles. The van der Waals surface area contributed by atoms with Crippen LogP contribution in [0.5, 0.6) is 28.7 Å². The van der Waals surface area contributed by atoms with E-state index < -0.39 is 0 Å². The molecule has 3 aromatic rings. The van der Waals surface area contributed by atoms with Crippen molar-refractivity contribution in [1.82, 2.24) is 9.88 Å². The van der Waals surface area contributed by atoms with Crippen LogP contribution in [-0.4, -0.2) is 50.7 Å². The molecule has 0 fully saturated rings. The van der Waals surface area contributed by atoms with E-state index in [1.807, 2.05) is 36.6 Å². The zero-order valence-corrected chi connectivity index (χ0v) is 20.3. The standard InChI is InChI=1S/C24H29N3O5S/c1-15(23-26-12-13-33-23)27(2)24(28)18-14-19(21(30-4)22(31-5)20(18)29-3)32-17-8-6-16(7-9-17)10-11-25/h6-9,12-15H,10-11,25H2,1-5H3. The maximum absolute atomic E-state index is 13.5. The number of hydrogen-bond donors (Lipinski definition) is 1. The molecule has 1 heterocycles. The first-order valence-corrected chi connectivity index (χ1v) is 11.3. The van der Waals surface area contributed by atoms with Gasteiger partial charge in [-0.3, -0.25) is 4.79 Å². The summed E-state index contributed by atoms with van der Waals surface area (Å²) in [6, 6.07) is 8.98. The molecular weight excluding hydrogens is 442 g/mol. The smallest absolute Gasteiger partial charge is 0.258 e. The number of hydrogen-bond acceptors (Lipinski definition) is 8. The van der Waals surface area contributed by atoms with Gasteiger partial charge < -0.3 is 29.6 Å². The van der Waals surface area contributed by atoms with Crippen molar-refractivity contribution in [2.45, 2.75) is 19.4 Å². The number of rotatable bonds is 10. The summed E-state index contributed by atoms with van der Waals surface area (Å²) in [4.78, 5) is 19.4. The van der Waals surface area contributed by atoms with Crippen molar-refractivity contribution >= 4 is 17.2 Å². The fraction of sp³-hybridized carbons (Fsp3) is 0.333. The molecule has 2 aromatic carbocycles. The van der Waals surface area contributed by atoms with Gasteiger partial charge in [-0.2, -0.15) is 0 Å². The Balaban J connectivity index is 2.03. The van der Waals surface area contributed by atoms with E-state index >= 15 is 0 Å². The van der Waals surface area contributed by atoms with Gasteiger partial charge in [-0.25, -0.2) is 4.98 Å². The first-order chi connectivity index (χ1) is 15.9. The number of ether oxygens (including phenoxy) is 4. The molecule has 1 aromatic heterocycles. The summed E-state index contributed by atoms with van der Waals surface area (Å²) in [7, 11) is 6.20. The molecule has 0 aliphatic carbocycles. The summed E-state index contributed by atoms with van der Waals surface area (Å²) < 4.78 is 22.8. The fourth-order valence-corrected chi connectivity index (χ4v) is 4.14. The second-order valence-electron chi connectivity index (χ2n) is 7.27. The number of nitrogens with zero attached hydrogens (tertiary/aromatic N) is 2. The van der Waals surface area contributed by atoms with E-state index in [0.717, 1.165) is 17.0 Å². The molecule has 9 heteroatoms. The van der Waals surface area contributed by atoms with Crippen LogP contribution in [0.15, 0.2) is 41.9 Å². The molecule has 1 amide bonds. The molecule has 0 aliphatic heterocycles. The van der Waals surface area contributed by atoms with Crippen LogP contribution in [0, 0.1) is 0 Å². The molecule has 1 atom stereocenters. The van der Waals surface area contributed by atoms with Gasteiger partial charge in [-0.15, -0.1) is 11.3 Å². The van der Waals surface area contributed by atoms with Gasteiger partial charge in [0.25, 0.3) is 5.91 Å². The Morgan fingerprint density at radius 2 is 1.76 bits per heavy atom. The lowest BCUT2D eigenvalue weighted by atomic mass is 10.1. The average molecular weight is 472 g/mol. The molecule has 0 saturated carbocycles. The minimum Gasteiger partial charge on any atom is -0.492 e. The van der Waals surface area contributed by atoms with E-state index in [0.29, 0.717) is 23.8 Å². The van der Waals surface area contributed by atoms with Gasteiger partial charge in [0.05, 0.1) is 32.9 Å². The minimum atomic E-state index is -0.265. The maximum Gasteiger partial charge on any atom is 0.258 e. The molecule has 1 unspecified atom stereocenters. The van der Waals surface area contributed by atoms with Crippen molar-refractivity contribution in [2.24, 2.45) is 5.73 Å². The predicted octanol–water partition coefficient (Wildman–Crippen LogP) is 4.30. The Bertz CT molecular complexity index is 1070. The number of benzene rings is 2. The van der Waals surface area contributed by atoms with E-state index in [2.05, 4.69) is 4.98 Å². The highest BCUT2D eigenvalue weighted by molar-refractivity contribution is 7.09. The van der Waals surface area contributed by atoms with Crippen molar-refractivity contribution < 1.29 is 23.7 Å². The van der Waals surface area contributed by atoms with Crippen LogP contribution >= 0.6 is 11.3 Å². The van der Waals surface area contributed by atoms with Crippen LogP contribution in [0.1, 0.15) is 33.9 Å². The number of aromatic nitrogens is 1. The molecule has 3 rings (SSSR count). The summed E-state index contributed by atoms with van der Waals surface area (Å²) >= 11 is 1.49. The normalized spacial score (nSPS) is 11.6. The third kappa shape index (κ3) is 5.20. The SMILES string of the molecule is COc1c(Oc2ccc(CCN)cc2)cc(C(=O)N(C)C(C)c2nccs2)c(OC)c1OC. The lowest BCUT2D eigenvalue weighted by Gasteiger charge is -2.25. The van der Waals surface area contributed by atoms with Gasteiger partial charge in [0, 0.05) is 24.7 Å². The molecule has 0 bridgehead atoms. The second kappa shape index (κ2) is 11.0. The molecule has 176 valence electrons. The maximum atomic E-state index is 13.5. The van der Waals surface area contributed by atoms with Crippen LogP contribution in [0.3, 0.4) is 0 Å². The first-order valence-electron chi connectivity index (χ1n) is 10.4. The Labute approximate surface area is 197 Å². The fourth-order valence-electron chi connectivity index (χ4n) is 3.41. The second-order valence-corrected chi connectivity index (χ2v) is 8.20. The topological polar surface area (TPSA) is 96.1 Å². The highest BCUT2D eigenvalue weighted by Crippen LogP contribution is 2.48. The quantitative estimate of drug-likeness (QED) is 0.471. The largest absolute Gasteiger partial charge is 0.492 e. The molecule has 33 heavy (non-hydrogen) atoms. The van der Waals surface area contributed by atoms with E-state index in [4.69, 9.17) is 24.7 Å². The van der Waals surface area contributed by atoms with Gasteiger partial charge in [0.2, 0.25) is 11.5 Å². The molecule has 2 N–H and O–H groups in total. The Morgan fingerprint density at radius 1 is 1.09 bits per heavy atom. The number of amides is 1. The average Bonchev–Trinajstić information content (AvgIpc) is 3.38. The number of carbonyl (C=O) groups excluding carboxylic acids is 1. The van der Waals surface area contributed by atoms with Crippen molar-refractivity contribution in [2.75, 3.05) is 34.9 Å². The lowest BCUT2D eigenvalue weighted by Crippen LogP contribution is -2.30. The third-order valence-corrected chi connectivity index (χ3v) is 6.24. The highest BCUT2D eigenvalue weighted by Gasteiger charge is 2.29. The Hall–Kier alpha value is -3.30. The van der Waals surface area contributed by atoms with E-state index in [-0.39, 0.29) is 29.0 Å². The van der Waals surface area contributed by atoms with Gasteiger partial charge in [-0.05, 0) is 37.6 Å². The van der Waals surface area contributed by atoms with Gasteiger partial charge in [0.15, 0.2) is 11.5 Å². The first kappa shape index (κ1) is 24.3. The third-order valence-electron chi connectivity index (χ3n) is 5.29. The predicted molar refractivity (Wildman–Crippen MR) is 128 cm³/mol. The zero-order valence-electron chi connectivity index (χ0n) is 19.5. The van der Waals surface area contributed by atoms with Crippen molar-refractivity contribution in [3.8, 4) is 28.7 Å². The monoisotopic (exact) mass is 471 g/mol. The molecule has 0 aliphatic rings. The summed E-state index contributed by atoms with van der Waals surface area (Å²) in [5, 5.41) is 2.71. The van der Waals surface area contributed by atoms with E-state index in [1.54, 1.807) is 24.2 Å². The van der Waals surface area contributed by atoms with Crippen molar-refractivity contribution in [3.05, 3.63) is 58.0 Å². The molecule has 0 spiro atoms. The summed E-state index contributed by atoms with van der Waals surface area (Å²) in [5.74, 6) is 1.52. The molecular formula is C24H29N3O5S. The van der Waals surface area contributed by atoms with Crippen LogP contribution in [0.4, 0.5) is 0 Å². The van der Waals surface area contributed by atoms with Gasteiger partial charge in [0.1, 0.15) is 10.8 Å². The van der Waals surface area contributed by atoms with Crippen LogP contribution in [0.25, 0.3) is 0 Å². The lowest BCUT2D eigenvalue weighted by molar-refractivity contribution is 0.0737. The number of methoxy groups -OCH3 is 3. The van der Waals surface area contributed by atoms with Crippen LogP contribution < -0.4 is 24.7 Å². The number of thiazole rings is 1.